The fourth-order valence-electron chi connectivity index (χ4n) is 2.19. The summed E-state index contributed by atoms with van der Waals surface area (Å²) in [7, 11) is 0. The van der Waals surface area contributed by atoms with Gasteiger partial charge in [0.15, 0.2) is 11.6 Å². The number of Topliss-reactive ketones (excluding diaryl/α,β-unsaturated/α-hetero) is 1. The van der Waals surface area contributed by atoms with Crippen molar-refractivity contribution in [1.82, 2.24) is 9.97 Å². The number of aromatic nitrogens is 2. The number of halogens is 2. The van der Waals surface area contributed by atoms with E-state index in [0.717, 1.165) is 28.6 Å². The molecular formula is C14H10BrClN2O. The molecule has 3 rings (SSSR count). The molecule has 0 saturated carbocycles. The molecule has 1 aromatic heterocycles. The number of ketones is 1. The summed E-state index contributed by atoms with van der Waals surface area (Å²) in [6.07, 6.45) is 3.89. The first-order valence-electron chi connectivity index (χ1n) is 5.99. The van der Waals surface area contributed by atoms with Crippen LogP contribution >= 0.6 is 27.5 Å². The summed E-state index contributed by atoms with van der Waals surface area (Å²) < 4.78 is 0.921. The number of hydrogen-bond acceptors (Lipinski definition) is 3. The van der Waals surface area contributed by atoms with E-state index >= 15 is 0 Å². The molecule has 0 bridgehead atoms. The quantitative estimate of drug-likeness (QED) is 0.787. The van der Waals surface area contributed by atoms with Crippen molar-refractivity contribution in [2.75, 3.05) is 0 Å². The lowest BCUT2D eigenvalue weighted by molar-refractivity contribution is 0.0971. The zero-order valence-corrected chi connectivity index (χ0v) is 12.3. The first kappa shape index (κ1) is 12.8. The minimum absolute atomic E-state index is 0.133. The maximum absolute atomic E-state index is 11.7. The Kier molecular flexibility index (Phi) is 3.37. The van der Waals surface area contributed by atoms with Crippen LogP contribution in [0, 0.1) is 0 Å². The highest BCUT2D eigenvalue weighted by molar-refractivity contribution is 9.10. The highest BCUT2D eigenvalue weighted by Crippen LogP contribution is 2.29. The van der Waals surface area contributed by atoms with Gasteiger partial charge in [-0.3, -0.25) is 4.79 Å². The van der Waals surface area contributed by atoms with Gasteiger partial charge < -0.3 is 0 Å². The zero-order chi connectivity index (χ0) is 13.4. The third-order valence-electron chi connectivity index (χ3n) is 3.15. The molecule has 5 heteroatoms. The van der Waals surface area contributed by atoms with Gasteiger partial charge in [-0.25, -0.2) is 9.97 Å². The van der Waals surface area contributed by atoms with Crippen molar-refractivity contribution in [2.24, 2.45) is 0 Å². The number of carbonyl (C=O) groups is 1. The average molecular weight is 338 g/mol. The largest absolute Gasteiger partial charge is 0.294 e. The smallest absolute Gasteiger partial charge is 0.166 e. The zero-order valence-electron chi connectivity index (χ0n) is 9.99. The molecule has 19 heavy (non-hydrogen) atoms. The Morgan fingerprint density at radius 1 is 1.21 bits per heavy atom. The number of aryl methyl sites for hydroxylation is 1. The molecule has 0 saturated heterocycles. The van der Waals surface area contributed by atoms with Crippen molar-refractivity contribution in [1.29, 1.82) is 0 Å². The molecule has 2 aromatic rings. The van der Waals surface area contributed by atoms with Gasteiger partial charge in [0, 0.05) is 22.7 Å². The Hall–Kier alpha value is -1.26. The van der Waals surface area contributed by atoms with Crippen LogP contribution in [-0.4, -0.2) is 15.8 Å². The van der Waals surface area contributed by atoms with E-state index in [4.69, 9.17) is 11.6 Å². The molecule has 1 aliphatic rings. The molecule has 0 N–H and O–H groups in total. The molecule has 1 aliphatic carbocycles. The Balaban J connectivity index is 2.11. The molecule has 0 aliphatic heterocycles. The van der Waals surface area contributed by atoms with Crippen molar-refractivity contribution in [3.8, 4) is 11.4 Å². The molecular weight excluding hydrogens is 328 g/mol. The monoisotopic (exact) mass is 336 g/mol. The predicted molar refractivity (Wildman–Crippen MR) is 77.4 cm³/mol. The lowest BCUT2D eigenvalue weighted by atomic mass is 9.96. The lowest BCUT2D eigenvalue weighted by Crippen LogP contribution is -2.13. The summed E-state index contributed by atoms with van der Waals surface area (Å²) in [4.78, 5) is 20.5. The van der Waals surface area contributed by atoms with Crippen LogP contribution in [0.1, 0.15) is 28.9 Å². The van der Waals surface area contributed by atoms with E-state index in [0.29, 0.717) is 22.8 Å². The number of rotatable bonds is 1. The number of benzene rings is 1. The predicted octanol–water partition coefficient (Wildman–Crippen LogP) is 4.08. The van der Waals surface area contributed by atoms with Gasteiger partial charge in [0.05, 0.1) is 16.3 Å². The normalized spacial score (nSPS) is 14.3. The van der Waals surface area contributed by atoms with Gasteiger partial charge in [-0.1, -0.05) is 27.5 Å². The highest BCUT2D eigenvalue weighted by Gasteiger charge is 2.20. The van der Waals surface area contributed by atoms with Crippen LogP contribution in [0.3, 0.4) is 0 Å². The second-order valence-corrected chi connectivity index (χ2v) is 5.78. The standard InChI is InChI=1S/C14H10BrClN2O/c15-8-4-5-11(16)9(6-8)14-17-7-10-12(18-14)2-1-3-13(10)19/h4-7H,1-3H2. The van der Waals surface area contributed by atoms with Gasteiger partial charge in [0.25, 0.3) is 0 Å². The molecule has 1 aromatic carbocycles. The van der Waals surface area contributed by atoms with Crippen molar-refractivity contribution < 1.29 is 4.79 Å². The Labute approximate surface area is 124 Å². The lowest BCUT2D eigenvalue weighted by Gasteiger charge is -2.14. The Morgan fingerprint density at radius 2 is 2.05 bits per heavy atom. The topological polar surface area (TPSA) is 42.9 Å². The third-order valence-corrected chi connectivity index (χ3v) is 3.98. The maximum atomic E-state index is 11.7. The van der Waals surface area contributed by atoms with Gasteiger partial charge in [0.1, 0.15) is 0 Å². The molecule has 0 spiro atoms. The van der Waals surface area contributed by atoms with Crippen molar-refractivity contribution in [3.05, 3.63) is 45.1 Å². The summed E-state index contributed by atoms with van der Waals surface area (Å²) in [6, 6.07) is 5.55. The van der Waals surface area contributed by atoms with E-state index in [9.17, 15) is 4.79 Å². The summed E-state index contributed by atoms with van der Waals surface area (Å²) in [6.45, 7) is 0. The van der Waals surface area contributed by atoms with E-state index in [-0.39, 0.29) is 5.78 Å². The summed E-state index contributed by atoms with van der Waals surface area (Å²) in [5.41, 5.74) is 2.26. The maximum Gasteiger partial charge on any atom is 0.166 e. The van der Waals surface area contributed by atoms with Gasteiger partial charge >= 0.3 is 0 Å². The molecule has 0 radical (unpaired) electrons. The number of fused-ring (bicyclic) bond motifs is 1. The molecule has 0 amide bonds. The second-order valence-electron chi connectivity index (χ2n) is 4.45. The molecule has 96 valence electrons. The van der Waals surface area contributed by atoms with Crippen LogP contribution in [0.15, 0.2) is 28.9 Å². The highest BCUT2D eigenvalue weighted by atomic mass is 79.9. The van der Waals surface area contributed by atoms with E-state index in [1.807, 2.05) is 12.1 Å². The van der Waals surface area contributed by atoms with E-state index in [1.54, 1.807) is 12.3 Å². The average Bonchev–Trinajstić information content (AvgIpc) is 2.41. The SMILES string of the molecule is O=C1CCCc2nc(-c3cc(Br)ccc3Cl)ncc21. The fraction of sp³-hybridized carbons (Fsp3) is 0.214. The van der Waals surface area contributed by atoms with Gasteiger partial charge in [-0.2, -0.15) is 0 Å². The number of hydrogen-bond donors (Lipinski definition) is 0. The molecule has 0 atom stereocenters. The molecule has 0 fully saturated rings. The summed E-state index contributed by atoms with van der Waals surface area (Å²) in [5.74, 6) is 0.702. The van der Waals surface area contributed by atoms with E-state index < -0.39 is 0 Å². The van der Waals surface area contributed by atoms with Crippen molar-refractivity contribution >= 4 is 33.3 Å². The minimum atomic E-state index is 0.133. The first-order chi connectivity index (χ1) is 9.15. The van der Waals surface area contributed by atoms with Crippen LogP contribution in [0.4, 0.5) is 0 Å². The van der Waals surface area contributed by atoms with Gasteiger partial charge in [-0.05, 0) is 31.0 Å². The van der Waals surface area contributed by atoms with Gasteiger partial charge in [0.2, 0.25) is 0 Å². The van der Waals surface area contributed by atoms with Gasteiger partial charge in [-0.15, -0.1) is 0 Å². The molecule has 1 heterocycles. The van der Waals surface area contributed by atoms with Crippen molar-refractivity contribution in [3.63, 3.8) is 0 Å². The Morgan fingerprint density at radius 3 is 2.89 bits per heavy atom. The Bertz CT molecular complexity index is 672. The van der Waals surface area contributed by atoms with Crippen molar-refractivity contribution in [2.45, 2.75) is 19.3 Å². The van der Waals surface area contributed by atoms with E-state index in [2.05, 4.69) is 25.9 Å². The number of nitrogens with zero attached hydrogens (tertiary/aromatic N) is 2. The summed E-state index contributed by atoms with van der Waals surface area (Å²) in [5, 5.41) is 0.602. The van der Waals surface area contributed by atoms with Crippen LogP contribution in [0.5, 0.6) is 0 Å². The third kappa shape index (κ3) is 2.42. The molecule has 0 unspecified atom stereocenters. The number of carbonyl (C=O) groups excluding carboxylic acids is 1. The van der Waals surface area contributed by atoms with Crippen LogP contribution in [0.2, 0.25) is 5.02 Å². The minimum Gasteiger partial charge on any atom is -0.294 e. The van der Waals surface area contributed by atoms with Crippen LogP contribution in [-0.2, 0) is 6.42 Å². The first-order valence-corrected chi connectivity index (χ1v) is 7.17. The van der Waals surface area contributed by atoms with Crippen LogP contribution < -0.4 is 0 Å². The second kappa shape index (κ2) is 5.02. The molecule has 3 nitrogen and oxygen atoms in total. The summed E-state index contributed by atoms with van der Waals surface area (Å²) >= 11 is 9.58. The fourth-order valence-corrected chi connectivity index (χ4v) is 2.75. The van der Waals surface area contributed by atoms with E-state index in [1.165, 1.54) is 0 Å². The van der Waals surface area contributed by atoms with Crippen LogP contribution in [0.25, 0.3) is 11.4 Å².